The summed E-state index contributed by atoms with van der Waals surface area (Å²) in [5.41, 5.74) is -0.770. The maximum atomic E-state index is 12.5. The van der Waals surface area contributed by atoms with Gasteiger partial charge in [-0.2, -0.15) is 0 Å². The van der Waals surface area contributed by atoms with Crippen LogP contribution in [-0.2, 0) is 28.4 Å². The summed E-state index contributed by atoms with van der Waals surface area (Å²) in [5, 5.41) is 128. The molecule has 4 saturated carbocycles. The molecule has 0 aromatic carbocycles. The van der Waals surface area contributed by atoms with Crippen LogP contribution in [0.25, 0.3) is 0 Å². The van der Waals surface area contributed by atoms with E-state index in [1.165, 1.54) is 0 Å². The van der Waals surface area contributed by atoms with Gasteiger partial charge in [-0.25, -0.2) is 0 Å². The lowest BCUT2D eigenvalue weighted by atomic mass is 9.39. The third-order valence-electron chi connectivity index (χ3n) is 17.8. The summed E-state index contributed by atoms with van der Waals surface area (Å²) in [6, 6.07) is 0. The maximum Gasteiger partial charge on any atom is 0.189 e. The molecule has 0 radical (unpaired) electrons. The van der Waals surface area contributed by atoms with Crippen molar-refractivity contribution in [1.82, 2.24) is 0 Å². The molecule has 4 aliphatic carbocycles. The van der Waals surface area contributed by atoms with E-state index in [2.05, 4.69) is 40.7 Å². The Hall–Kier alpha value is -0.980. The van der Waals surface area contributed by atoms with Gasteiger partial charge in [0.2, 0.25) is 0 Å². The van der Waals surface area contributed by atoms with Gasteiger partial charge < -0.3 is 89.7 Å². The van der Waals surface area contributed by atoms with E-state index >= 15 is 0 Å². The SMILES string of the molecule is CC(C)=CC(C)C[C@](C)(O[C@H]1O[C@@H](O)[C@H](O)[C@@H](O)[C@@H]1O)[C@H]1CC[C@]2(C)C3CCC4C(C)(C)C(O[C@@H]5O[C@H](CO[C@@H]6O[C@H](CO)[C@@H](O)[C@H](O)[C@H]6O)[C@@H](O)[C@H](O)[C@H]5O)CC[C@]4(C)C3C[C@H](O)[C@@H]12. The van der Waals surface area contributed by atoms with Gasteiger partial charge >= 0.3 is 0 Å². The Morgan fingerprint density at radius 2 is 1.26 bits per heavy atom. The van der Waals surface area contributed by atoms with E-state index in [1.807, 2.05) is 20.8 Å². The van der Waals surface area contributed by atoms with Crippen LogP contribution in [0.15, 0.2) is 11.6 Å². The zero-order valence-electron chi connectivity index (χ0n) is 39.2. The molecule has 0 spiro atoms. The molecule has 26 atom stereocenters. The fraction of sp³-hybridized carbons (Fsp3) is 0.957. The lowest BCUT2D eigenvalue weighted by Crippen LogP contribution is -2.65. The fourth-order valence-corrected chi connectivity index (χ4v) is 14.7. The van der Waals surface area contributed by atoms with Crippen LogP contribution in [0.4, 0.5) is 0 Å². The molecule has 0 aromatic rings. The molecule has 3 aliphatic heterocycles. The Labute approximate surface area is 382 Å². The van der Waals surface area contributed by atoms with Gasteiger partial charge in [0.05, 0.1) is 31.0 Å². The molecule has 12 N–H and O–H groups in total. The van der Waals surface area contributed by atoms with Crippen molar-refractivity contribution in [2.75, 3.05) is 13.2 Å². The number of ether oxygens (including phenoxy) is 6. The minimum absolute atomic E-state index is 0.0460. The number of allylic oxidation sites excluding steroid dienone is 2. The molecule has 7 rings (SSSR count). The summed E-state index contributed by atoms with van der Waals surface area (Å²) >= 11 is 0. The van der Waals surface area contributed by atoms with Gasteiger partial charge in [-0.05, 0) is 124 Å². The van der Waals surface area contributed by atoms with Crippen molar-refractivity contribution in [3.05, 3.63) is 11.6 Å². The number of aliphatic hydroxyl groups is 12. The van der Waals surface area contributed by atoms with Crippen molar-refractivity contribution in [3.8, 4) is 0 Å². The van der Waals surface area contributed by atoms with Crippen LogP contribution >= 0.6 is 0 Å². The fourth-order valence-electron chi connectivity index (χ4n) is 14.7. The summed E-state index contributed by atoms with van der Waals surface area (Å²) in [6.07, 6.45) is -16.5. The molecular formula is C47H80O18. The highest BCUT2D eigenvalue weighted by Gasteiger charge is 2.68. The first-order valence-electron chi connectivity index (χ1n) is 24.0. The first kappa shape index (κ1) is 51.9. The van der Waals surface area contributed by atoms with E-state index in [4.69, 9.17) is 28.4 Å². The molecule has 18 nitrogen and oxygen atoms in total. The van der Waals surface area contributed by atoms with Crippen molar-refractivity contribution in [2.24, 2.45) is 51.8 Å². The second kappa shape index (κ2) is 19.3. The first-order valence-corrected chi connectivity index (χ1v) is 24.0. The maximum absolute atomic E-state index is 12.5. The predicted octanol–water partition coefficient (Wildman–Crippen LogP) is -0.213. The third kappa shape index (κ3) is 9.28. The molecule has 18 heteroatoms. The highest BCUT2D eigenvalue weighted by Crippen LogP contribution is 2.71. The Morgan fingerprint density at radius 3 is 1.91 bits per heavy atom. The Kier molecular flexibility index (Phi) is 15.4. The van der Waals surface area contributed by atoms with Crippen LogP contribution in [0.1, 0.15) is 107 Å². The number of aliphatic hydroxyl groups excluding tert-OH is 12. The molecule has 7 fully saturated rings. The second-order valence-corrected chi connectivity index (χ2v) is 22.6. The van der Waals surface area contributed by atoms with Crippen LogP contribution in [0, 0.1) is 51.8 Å². The zero-order chi connectivity index (χ0) is 47.9. The summed E-state index contributed by atoms with van der Waals surface area (Å²) < 4.78 is 36.1. The number of rotatable bonds is 12. The van der Waals surface area contributed by atoms with Gasteiger partial charge in [-0.1, -0.05) is 46.3 Å². The molecule has 3 heterocycles. The van der Waals surface area contributed by atoms with Gasteiger partial charge in [-0.15, -0.1) is 0 Å². The summed E-state index contributed by atoms with van der Waals surface area (Å²) in [5.74, 6) is 0.297. The van der Waals surface area contributed by atoms with Crippen molar-refractivity contribution in [3.63, 3.8) is 0 Å². The summed E-state index contributed by atoms with van der Waals surface area (Å²) in [4.78, 5) is 0. The van der Waals surface area contributed by atoms with E-state index < -0.39 is 129 Å². The van der Waals surface area contributed by atoms with E-state index in [-0.39, 0.29) is 46.3 Å². The lowest BCUT2D eigenvalue weighted by Gasteiger charge is -2.66. The van der Waals surface area contributed by atoms with Crippen molar-refractivity contribution >= 4 is 0 Å². The predicted molar refractivity (Wildman–Crippen MR) is 229 cm³/mol. The van der Waals surface area contributed by atoms with Crippen molar-refractivity contribution in [1.29, 1.82) is 0 Å². The molecule has 376 valence electrons. The molecule has 65 heavy (non-hydrogen) atoms. The molecule has 0 amide bonds. The number of fused-ring (bicyclic) bond motifs is 5. The minimum atomic E-state index is -1.75. The van der Waals surface area contributed by atoms with E-state index in [1.54, 1.807) is 0 Å². The molecular weight excluding hydrogens is 852 g/mol. The highest BCUT2D eigenvalue weighted by atomic mass is 16.8. The summed E-state index contributed by atoms with van der Waals surface area (Å²) in [6.45, 7) is 16.0. The minimum Gasteiger partial charge on any atom is -0.394 e. The average Bonchev–Trinajstić information content (AvgIpc) is 3.62. The van der Waals surface area contributed by atoms with Gasteiger partial charge in [0, 0.05) is 0 Å². The highest BCUT2D eigenvalue weighted by molar-refractivity contribution is 5.17. The number of hydrogen-bond acceptors (Lipinski definition) is 18. The van der Waals surface area contributed by atoms with E-state index in [0.29, 0.717) is 19.3 Å². The van der Waals surface area contributed by atoms with Crippen LogP contribution in [0.3, 0.4) is 0 Å². The van der Waals surface area contributed by atoms with Crippen LogP contribution in [-0.4, -0.2) is 185 Å². The topological polar surface area (TPSA) is 298 Å². The van der Waals surface area contributed by atoms with E-state index in [9.17, 15) is 61.3 Å². The lowest BCUT2D eigenvalue weighted by molar-refractivity contribution is -0.365. The zero-order valence-corrected chi connectivity index (χ0v) is 39.2. The number of hydrogen-bond donors (Lipinski definition) is 12. The van der Waals surface area contributed by atoms with Gasteiger partial charge in [0.25, 0.3) is 0 Å². The molecule has 0 aromatic heterocycles. The summed E-state index contributed by atoms with van der Waals surface area (Å²) in [7, 11) is 0. The molecule has 7 aliphatic rings. The Balaban J connectivity index is 1.06. The van der Waals surface area contributed by atoms with Crippen molar-refractivity contribution in [2.45, 2.75) is 217 Å². The largest absolute Gasteiger partial charge is 0.394 e. The van der Waals surface area contributed by atoms with Gasteiger partial charge in [0.1, 0.15) is 67.1 Å². The van der Waals surface area contributed by atoms with Gasteiger partial charge in [0.15, 0.2) is 25.2 Å². The van der Waals surface area contributed by atoms with Crippen LogP contribution in [0.2, 0.25) is 0 Å². The van der Waals surface area contributed by atoms with Crippen LogP contribution < -0.4 is 0 Å². The molecule has 0 bridgehead atoms. The standard InChI is InChI=1S/C47H80O18/c1-20(2)15-21(3)17-47(8,65-43-39(58)35(54)36(55)40(59)64-43)23-11-13-46(7)22-9-10-28-44(4,5)29(12-14-45(28,6)24(22)16-25(49)30(23)46)63-42-38(57)34(53)32(51)27(62-42)19-60-41-37(56)33(52)31(50)26(18-48)61-41/h15,21-43,48-59H,9-14,16-19H2,1-8H3/t21?,22?,23-,24?,25-,26+,27+,28?,29?,30+,31+,32+,33-,34-,35+,36+,37+,38+,39-,40+,41+,42-,43+,45+,46+,47-/m0/s1. The van der Waals surface area contributed by atoms with E-state index in [0.717, 1.165) is 37.7 Å². The quantitative estimate of drug-likeness (QED) is 0.0890. The second-order valence-electron chi connectivity index (χ2n) is 22.6. The van der Waals surface area contributed by atoms with Gasteiger partial charge in [-0.3, -0.25) is 0 Å². The smallest absolute Gasteiger partial charge is 0.189 e. The third-order valence-corrected chi connectivity index (χ3v) is 17.8. The Bertz CT molecular complexity index is 1650. The molecule has 3 saturated heterocycles. The van der Waals surface area contributed by atoms with Crippen molar-refractivity contribution < 1.29 is 89.7 Å². The Morgan fingerprint density at radius 1 is 0.677 bits per heavy atom. The normalized spacial score (nSPS) is 52.4. The molecule has 5 unspecified atom stereocenters. The average molecular weight is 933 g/mol. The monoisotopic (exact) mass is 933 g/mol. The van der Waals surface area contributed by atoms with Crippen LogP contribution in [0.5, 0.6) is 0 Å². The first-order chi connectivity index (χ1) is 30.3.